The molecule has 0 amide bonds. The van der Waals surface area contributed by atoms with Gasteiger partial charge in [0.25, 0.3) is 0 Å². The molecule has 0 aromatic heterocycles. The van der Waals surface area contributed by atoms with Crippen molar-refractivity contribution in [2.45, 2.75) is 51.1 Å². The Morgan fingerprint density at radius 1 is 1.21 bits per heavy atom. The molecule has 1 aliphatic heterocycles. The molecule has 0 bridgehead atoms. The maximum atomic E-state index is 3.40. The summed E-state index contributed by atoms with van der Waals surface area (Å²) < 4.78 is 0. The summed E-state index contributed by atoms with van der Waals surface area (Å²) in [4.78, 5) is 2.69. The fraction of sp³-hybridized carbons (Fsp3) is 1.00. The molecule has 0 aromatic rings. The highest BCUT2D eigenvalue weighted by atomic mass is 15.2. The van der Waals surface area contributed by atoms with Crippen molar-refractivity contribution in [2.75, 3.05) is 20.1 Å². The predicted molar refractivity (Wildman–Crippen MR) is 60.5 cm³/mol. The summed E-state index contributed by atoms with van der Waals surface area (Å²) in [7, 11) is 2.09. The van der Waals surface area contributed by atoms with Gasteiger partial charge in [0.05, 0.1) is 0 Å². The lowest BCUT2D eigenvalue weighted by Crippen LogP contribution is -2.51. The van der Waals surface area contributed by atoms with Gasteiger partial charge in [0.15, 0.2) is 0 Å². The molecule has 2 heteroatoms. The molecular formula is C12H24N2. The molecule has 1 atom stereocenters. The number of hydrogen-bond donors (Lipinski definition) is 1. The quantitative estimate of drug-likeness (QED) is 0.741. The fourth-order valence-corrected chi connectivity index (χ4v) is 2.89. The van der Waals surface area contributed by atoms with Crippen molar-refractivity contribution in [3.05, 3.63) is 0 Å². The molecule has 1 unspecified atom stereocenters. The average Bonchev–Trinajstić information content (AvgIpc) is 2.47. The lowest BCUT2D eigenvalue weighted by atomic mass is 9.72. The number of hydrogen-bond acceptors (Lipinski definition) is 2. The molecule has 1 saturated heterocycles. The van der Waals surface area contributed by atoms with Gasteiger partial charge in [0.2, 0.25) is 0 Å². The molecule has 0 spiro atoms. The van der Waals surface area contributed by atoms with Crippen LogP contribution in [0.3, 0.4) is 0 Å². The minimum atomic E-state index is 0.448. The van der Waals surface area contributed by atoms with Crippen molar-refractivity contribution < 1.29 is 0 Å². The van der Waals surface area contributed by atoms with Crippen LogP contribution in [0, 0.1) is 5.92 Å². The predicted octanol–water partition coefficient (Wildman–Crippen LogP) is 1.86. The van der Waals surface area contributed by atoms with E-state index in [4.69, 9.17) is 0 Å². The average molecular weight is 196 g/mol. The van der Waals surface area contributed by atoms with Gasteiger partial charge in [-0.1, -0.05) is 6.42 Å². The van der Waals surface area contributed by atoms with Crippen LogP contribution in [0.1, 0.15) is 39.5 Å². The lowest BCUT2D eigenvalue weighted by Gasteiger charge is -2.46. The van der Waals surface area contributed by atoms with Crippen molar-refractivity contribution in [1.82, 2.24) is 10.2 Å². The zero-order valence-electron chi connectivity index (χ0n) is 9.84. The number of rotatable bonds is 3. The number of nitrogens with zero attached hydrogens (tertiary/aromatic N) is 1. The molecule has 1 saturated carbocycles. The van der Waals surface area contributed by atoms with Crippen LogP contribution in [-0.2, 0) is 0 Å². The van der Waals surface area contributed by atoms with E-state index < -0.39 is 0 Å². The summed E-state index contributed by atoms with van der Waals surface area (Å²) in [5, 5.41) is 3.40. The van der Waals surface area contributed by atoms with Gasteiger partial charge in [-0.15, -0.1) is 0 Å². The maximum absolute atomic E-state index is 3.40. The van der Waals surface area contributed by atoms with Crippen LogP contribution >= 0.6 is 0 Å². The van der Waals surface area contributed by atoms with Crippen molar-refractivity contribution in [1.29, 1.82) is 0 Å². The summed E-state index contributed by atoms with van der Waals surface area (Å²) in [6, 6.07) is 0.731. The van der Waals surface area contributed by atoms with E-state index in [1.165, 1.54) is 38.8 Å². The third kappa shape index (κ3) is 1.70. The summed E-state index contributed by atoms with van der Waals surface area (Å²) in [6.45, 7) is 7.42. The highest BCUT2D eigenvalue weighted by molar-refractivity contribution is 4.96. The van der Waals surface area contributed by atoms with Crippen LogP contribution in [-0.4, -0.2) is 36.6 Å². The van der Waals surface area contributed by atoms with Crippen molar-refractivity contribution in [2.24, 2.45) is 5.92 Å². The molecule has 2 fully saturated rings. The van der Waals surface area contributed by atoms with E-state index >= 15 is 0 Å². The molecule has 1 aliphatic carbocycles. The second-order valence-electron chi connectivity index (χ2n) is 5.50. The van der Waals surface area contributed by atoms with Crippen molar-refractivity contribution in [3.8, 4) is 0 Å². The largest absolute Gasteiger partial charge is 0.316 e. The number of likely N-dealkylation sites (tertiary alicyclic amines) is 1. The van der Waals surface area contributed by atoms with E-state index in [1.807, 2.05) is 0 Å². The Morgan fingerprint density at radius 3 is 2.36 bits per heavy atom. The van der Waals surface area contributed by atoms with Crippen LogP contribution in [0.4, 0.5) is 0 Å². The highest BCUT2D eigenvalue weighted by Crippen LogP contribution is 2.40. The van der Waals surface area contributed by atoms with Gasteiger partial charge in [-0.25, -0.2) is 0 Å². The summed E-state index contributed by atoms with van der Waals surface area (Å²) in [5.41, 5.74) is 0.448. The molecule has 14 heavy (non-hydrogen) atoms. The second kappa shape index (κ2) is 3.82. The maximum Gasteiger partial charge on any atom is 0.0204 e. The van der Waals surface area contributed by atoms with E-state index in [0.717, 1.165) is 12.0 Å². The van der Waals surface area contributed by atoms with Gasteiger partial charge >= 0.3 is 0 Å². The molecule has 2 rings (SSSR count). The van der Waals surface area contributed by atoms with Gasteiger partial charge in [-0.05, 0) is 46.1 Å². The lowest BCUT2D eigenvalue weighted by molar-refractivity contribution is 0.0413. The summed E-state index contributed by atoms with van der Waals surface area (Å²) in [5.74, 6) is 0.957. The van der Waals surface area contributed by atoms with E-state index in [9.17, 15) is 0 Å². The smallest absolute Gasteiger partial charge is 0.0204 e. The number of nitrogens with one attached hydrogen (secondary N) is 1. The van der Waals surface area contributed by atoms with Crippen molar-refractivity contribution >= 4 is 0 Å². The van der Waals surface area contributed by atoms with Crippen LogP contribution in [0.15, 0.2) is 0 Å². The zero-order valence-corrected chi connectivity index (χ0v) is 9.84. The van der Waals surface area contributed by atoms with Crippen LogP contribution in [0.5, 0.6) is 0 Å². The van der Waals surface area contributed by atoms with Gasteiger partial charge in [0, 0.05) is 24.7 Å². The minimum Gasteiger partial charge on any atom is -0.316 e. The van der Waals surface area contributed by atoms with E-state index in [2.05, 4.69) is 31.1 Å². The van der Waals surface area contributed by atoms with E-state index in [0.29, 0.717) is 5.54 Å². The SMILES string of the molecule is CNC1CCN(C(C)(C)C2CCC2)C1. The minimum absolute atomic E-state index is 0.448. The molecule has 0 radical (unpaired) electrons. The Kier molecular flexibility index (Phi) is 2.85. The Hall–Kier alpha value is -0.0800. The van der Waals surface area contributed by atoms with Crippen LogP contribution in [0.25, 0.3) is 0 Å². The first-order chi connectivity index (χ1) is 6.64. The van der Waals surface area contributed by atoms with Gasteiger partial charge in [-0.2, -0.15) is 0 Å². The molecule has 2 aliphatic rings. The zero-order chi connectivity index (χ0) is 10.2. The third-order valence-corrected chi connectivity index (χ3v) is 4.52. The third-order valence-electron chi connectivity index (χ3n) is 4.52. The molecule has 0 aromatic carbocycles. The van der Waals surface area contributed by atoms with Gasteiger partial charge < -0.3 is 5.32 Å². The molecule has 82 valence electrons. The summed E-state index contributed by atoms with van der Waals surface area (Å²) in [6.07, 6.45) is 5.69. The fourth-order valence-electron chi connectivity index (χ4n) is 2.89. The van der Waals surface area contributed by atoms with E-state index in [1.54, 1.807) is 0 Å². The molecule has 2 nitrogen and oxygen atoms in total. The molecule has 1 heterocycles. The normalized spacial score (nSPS) is 30.6. The van der Waals surface area contributed by atoms with Crippen LogP contribution in [0.2, 0.25) is 0 Å². The first-order valence-electron chi connectivity index (χ1n) is 6.07. The standard InChI is InChI=1S/C12H24N2/c1-12(2,10-5-4-6-10)14-8-7-11(9-14)13-3/h10-11,13H,4-9H2,1-3H3. The van der Waals surface area contributed by atoms with Gasteiger partial charge in [-0.3, -0.25) is 4.90 Å². The second-order valence-corrected chi connectivity index (χ2v) is 5.50. The van der Waals surface area contributed by atoms with Gasteiger partial charge in [0.1, 0.15) is 0 Å². The number of likely N-dealkylation sites (N-methyl/N-ethyl adjacent to an activating group) is 1. The Morgan fingerprint density at radius 2 is 1.93 bits per heavy atom. The van der Waals surface area contributed by atoms with Crippen LogP contribution < -0.4 is 5.32 Å². The van der Waals surface area contributed by atoms with E-state index in [-0.39, 0.29) is 0 Å². The van der Waals surface area contributed by atoms with Crippen molar-refractivity contribution in [3.63, 3.8) is 0 Å². The Balaban J connectivity index is 1.93. The topological polar surface area (TPSA) is 15.3 Å². The highest BCUT2D eigenvalue weighted by Gasteiger charge is 2.41. The Labute approximate surface area is 88.1 Å². The molecule has 1 N–H and O–H groups in total. The first kappa shape index (κ1) is 10.4. The first-order valence-corrected chi connectivity index (χ1v) is 6.07. The summed E-state index contributed by atoms with van der Waals surface area (Å²) >= 11 is 0. The Bertz CT molecular complexity index is 196. The molecular weight excluding hydrogens is 172 g/mol. The monoisotopic (exact) mass is 196 g/mol.